The first-order valence-electron chi connectivity index (χ1n) is 8.93. The van der Waals surface area contributed by atoms with Crippen molar-refractivity contribution in [3.8, 4) is 11.5 Å². The third-order valence-corrected chi connectivity index (χ3v) is 4.57. The van der Waals surface area contributed by atoms with Crippen molar-refractivity contribution >= 4 is 23.3 Å². The topological polar surface area (TPSA) is 79.9 Å². The Morgan fingerprint density at radius 3 is 2.74 bits per heavy atom. The monoisotopic (exact) mass is 367 g/mol. The van der Waals surface area contributed by atoms with Gasteiger partial charge in [0.1, 0.15) is 13.2 Å². The maximum atomic E-state index is 12.4. The zero-order valence-electron chi connectivity index (χ0n) is 15.0. The summed E-state index contributed by atoms with van der Waals surface area (Å²) in [6, 6.07) is 12.4. The molecule has 140 valence electrons. The van der Waals surface area contributed by atoms with Crippen molar-refractivity contribution in [2.75, 3.05) is 30.0 Å². The van der Waals surface area contributed by atoms with Crippen LogP contribution in [0.15, 0.2) is 42.5 Å². The average molecular weight is 367 g/mol. The maximum Gasteiger partial charge on any atom is 0.319 e. The maximum absolute atomic E-state index is 12.4. The molecule has 2 aromatic carbocycles. The zero-order valence-corrected chi connectivity index (χ0v) is 15.0. The minimum absolute atomic E-state index is 0.0347. The molecule has 1 atom stereocenters. The third-order valence-electron chi connectivity index (χ3n) is 4.57. The molecule has 0 unspecified atom stereocenters. The summed E-state index contributed by atoms with van der Waals surface area (Å²) in [5.74, 6) is 1.29. The van der Waals surface area contributed by atoms with Gasteiger partial charge in [-0.3, -0.25) is 4.79 Å². The fourth-order valence-electron chi connectivity index (χ4n) is 3.33. The third kappa shape index (κ3) is 3.81. The summed E-state index contributed by atoms with van der Waals surface area (Å²) in [6.07, 6.45) is 0.260. The second kappa shape index (κ2) is 7.19. The molecular formula is C20H21N3O4. The lowest BCUT2D eigenvalue weighted by Crippen LogP contribution is -2.39. The molecule has 0 radical (unpaired) electrons. The largest absolute Gasteiger partial charge is 0.486 e. The Morgan fingerprint density at radius 1 is 1.11 bits per heavy atom. The standard InChI is InChI=1S/C20H21N3O4/c1-13-3-2-4-14(9-13)21-20(25)22-15-10-19(24)23(12-15)16-5-6-17-18(11-16)27-8-7-26-17/h2-6,9,11,15H,7-8,10,12H2,1H3,(H2,21,22,25)/t15-/m0/s1. The lowest BCUT2D eigenvalue weighted by molar-refractivity contribution is -0.117. The molecule has 2 aliphatic heterocycles. The van der Waals surface area contributed by atoms with Gasteiger partial charge in [0.2, 0.25) is 5.91 Å². The summed E-state index contributed by atoms with van der Waals surface area (Å²) in [5, 5.41) is 5.67. The molecule has 1 fully saturated rings. The van der Waals surface area contributed by atoms with E-state index in [4.69, 9.17) is 9.47 Å². The van der Waals surface area contributed by atoms with Crippen LogP contribution in [0.2, 0.25) is 0 Å². The number of nitrogens with one attached hydrogen (secondary N) is 2. The predicted molar refractivity (Wildman–Crippen MR) is 102 cm³/mol. The number of ether oxygens (including phenoxy) is 2. The van der Waals surface area contributed by atoms with Gasteiger partial charge in [0.25, 0.3) is 0 Å². The molecule has 27 heavy (non-hydrogen) atoms. The fourth-order valence-corrected chi connectivity index (χ4v) is 3.33. The molecule has 0 aliphatic carbocycles. The van der Waals surface area contributed by atoms with Gasteiger partial charge in [-0.15, -0.1) is 0 Å². The zero-order chi connectivity index (χ0) is 18.8. The van der Waals surface area contributed by atoms with E-state index in [2.05, 4.69) is 10.6 Å². The van der Waals surface area contributed by atoms with Crippen molar-refractivity contribution in [3.05, 3.63) is 48.0 Å². The molecular weight excluding hydrogens is 346 g/mol. The summed E-state index contributed by atoms with van der Waals surface area (Å²) in [7, 11) is 0. The summed E-state index contributed by atoms with van der Waals surface area (Å²) in [6.45, 7) is 3.40. The number of hydrogen-bond acceptors (Lipinski definition) is 4. The number of nitrogens with zero attached hydrogens (tertiary/aromatic N) is 1. The molecule has 4 rings (SSSR count). The minimum atomic E-state index is -0.317. The number of hydrogen-bond donors (Lipinski definition) is 2. The Hall–Kier alpha value is -3.22. The highest BCUT2D eigenvalue weighted by Crippen LogP contribution is 2.35. The number of anilines is 2. The van der Waals surface area contributed by atoms with Crippen molar-refractivity contribution in [2.24, 2.45) is 0 Å². The van der Waals surface area contributed by atoms with Gasteiger partial charge < -0.3 is 25.0 Å². The molecule has 0 spiro atoms. The Morgan fingerprint density at radius 2 is 1.93 bits per heavy atom. The number of amides is 3. The van der Waals surface area contributed by atoms with Crippen LogP contribution >= 0.6 is 0 Å². The molecule has 0 bridgehead atoms. The number of benzene rings is 2. The van der Waals surface area contributed by atoms with E-state index < -0.39 is 0 Å². The van der Waals surface area contributed by atoms with Crippen molar-refractivity contribution in [2.45, 2.75) is 19.4 Å². The summed E-state index contributed by atoms with van der Waals surface area (Å²) in [4.78, 5) is 26.3. The van der Waals surface area contributed by atoms with Gasteiger partial charge in [0.05, 0.1) is 6.04 Å². The predicted octanol–water partition coefficient (Wildman–Crippen LogP) is 2.69. The number of carbonyl (C=O) groups excluding carboxylic acids is 2. The number of fused-ring (bicyclic) bond motifs is 1. The minimum Gasteiger partial charge on any atom is -0.486 e. The Labute approximate surface area is 157 Å². The van der Waals surface area contributed by atoms with E-state index in [1.165, 1.54) is 0 Å². The molecule has 1 saturated heterocycles. The summed E-state index contributed by atoms with van der Waals surface area (Å²) in [5.41, 5.74) is 2.53. The van der Waals surface area contributed by atoms with Crippen LogP contribution in [0, 0.1) is 6.92 Å². The molecule has 2 aromatic rings. The van der Waals surface area contributed by atoms with Crippen LogP contribution in [0.4, 0.5) is 16.2 Å². The number of rotatable bonds is 3. The van der Waals surface area contributed by atoms with Crippen LogP contribution in [-0.2, 0) is 4.79 Å². The molecule has 7 nitrogen and oxygen atoms in total. The number of aryl methyl sites for hydroxylation is 1. The second-order valence-corrected chi connectivity index (χ2v) is 6.70. The SMILES string of the molecule is Cc1cccc(NC(=O)N[C@H]2CC(=O)N(c3ccc4c(c3)OCCO4)C2)c1. The molecule has 0 aromatic heterocycles. The van der Waals surface area contributed by atoms with Crippen molar-refractivity contribution in [1.29, 1.82) is 0 Å². The fraction of sp³-hybridized carbons (Fsp3) is 0.300. The van der Waals surface area contributed by atoms with E-state index in [0.717, 1.165) is 16.9 Å². The van der Waals surface area contributed by atoms with E-state index in [-0.39, 0.29) is 24.4 Å². The van der Waals surface area contributed by atoms with Crippen LogP contribution in [0.5, 0.6) is 11.5 Å². The first-order chi connectivity index (χ1) is 13.1. The van der Waals surface area contributed by atoms with Crippen LogP contribution in [0.1, 0.15) is 12.0 Å². The van der Waals surface area contributed by atoms with E-state index in [1.54, 1.807) is 4.90 Å². The van der Waals surface area contributed by atoms with Gasteiger partial charge in [-0.2, -0.15) is 0 Å². The van der Waals surface area contributed by atoms with Crippen LogP contribution in [0.3, 0.4) is 0 Å². The summed E-state index contributed by atoms with van der Waals surface area (Å²) >= 11 is 0. The lowest BCUT2D eigenvalue weighted by Gasteiger charge is -2.22. The Kier molecular flexibility index (Phi) is 4.58. The number of urea groups is 1. The van der Waals surface area contributed by atoms with E-state index in [9.17, 15) is 9.59 Å². The molecule has 0 saturated carbocycles. The molecule has 2 aliphatic rings. The van der Waals surface area contributed by atoms with Gasteiger partial charge in [-0.25, -0.2) is 4.79 Å². The highest BCUT2D eigenvalue weighted by atomic mass is 16.6. The quantitative estimate of drug-likeness (QED) is 0.874. The van der Waals surface area contributed by atoms with Gasteiger partial charge >= 0.3 is 6.03 Å². The van der Waals surface area contributed by atoms with Gasteiger partial charge in [0.15, 0.2) is 11.5 Å². The number of carbonyl (C=O) groups is 2. The van der Waals surface area contributed by atoms with E-state index in [1.807, 2.05) is 49.4 Å². The van der Waals surface area contributed by atoms with Crippen molar-refractivity contribution in [3.63, 3.8) is 0 Å². The smallest absolute Gasteiger partial charge is 0.319 e. The second-order valence-electron chi connectivity index (χ2n) is 6.70. The molecule has 7 heteroatoms. The molecule has 3 amide bonds. The normalized spacial score (nSPS) is 18.3. The van der Waals surface area contributed by atoms with Crippen LogP contribution in [-0.4, -0.2) is 37.7 Å². The Bertz CT molecular complexity index is 883. The highest BCUT2D eigenvalue weighted by molar-refractivity contribution is 5.98. The van der Waals surface area contributed by atoms with Crippen LogP contribution in [0.25, 0.3) is 0 Å². The van der Waals surface area contributed by atoms with E-state index >= 15 is 0 Å². The first-order valence-corrected chi connectivity index (χ1v) is 8.93. The van der Waals surface area contributed by atoms with Crippen LogP contribution < -0.4 is 25.0 Å². The first kappa shape index (κ1) is 17.2. The van der Waals surface area contributed by atoms with Gasteiger partial charge in [0, 0.05) is 30.4 Å². The van der Waals surface area contributed by atoms with Crippen molar-refractivity contribution in [1.82, 2.24) is 5.32 Å². The lowest BCUT2D eigenvalue weighted by atomic mass is 10.2. The average Bonchev–Trinajstić information content (AvgIpc) is 3.01. The van der Waals surface area contributed by atoms with E-state index in [0.29, 0.717) is 31.3 Å². The highest BCUT2D eigenvalue weighted by Gasteiger charge is 2.32. The summed E-state index contributed by atoms with van der Waals surface area (Å²) < 4.78 is 11.1. The Balaban J connectivity index is 1.39. The van der Waals surface area contributed by atoms with Crippen molar-refractivity contribution < 1.29 is 19.1 Å². The molecule has 2 N–H and O–H groups in total. The van der Waals surface area contributed by atoms with Gasteiger partial charge in [-0.1, -0.05) is 12.1 Å². The molecule has 2 heterocycles. The van der Waals surface area contributed by atoms with Gasteiger partial charge in [-0.05, 0) is 36.8 Å².